The molecule has 2 aromatic rings. The fourth-order valence-corrected chi connectivity index (χ4v) is 1.75. The van der Waals surface area contributed by atoms with Crippen LogP contribution in [-0.4, -0.2) is 27.1 Å². The van der Waals surface area contributed by atoms with Crippen molar-refractivity contribution in [1.82, 2.24) is 10.3 Å². The van der Waals surface area contributed by atoms with Gasteiger partial charge in [0.2, 0.25) is 0 Å². The summed E-state index contributed by atoms with van der Waals surface area (Å²) in [6.45, 7) is 3.94. The molecule has 1 aromatic heterocycles. The van der Waals surface area contributed by atoms with Gasteiger partial charge in [0, 0.05) is 25.5 Å². The maximum atomic E-state index is 9.10. The summed E-state index contributed by atoms with van der Waals surface area (Å²) in [5.41, 5.74) is 3.93. The van der Waals surface area contributed by atoms with Gasteiger partial charge in [-0.1, -0.05) is 37.3 Å². The van der Waals surface area contributed by atoms with E-state index in [4.69, 9.17) is 19.8 Å². The molecule has 0 unspecified atom stereocenters. The largest absolute Gasteiger partial charge is 0.473 e. The van der Waals surface area contributed by atoms with E-state index in [0.29, 0.717) is 0 Å². The summed E-state index contributed by atoms with van der Waals surface area (Å²) in [7, 11) is 0. The molecule has 0 fully saturated rings. The third-order valence-electron chi connectivity index (χ3n) is 3.00. The summed E-state index contributed by atoms with van der Waals surface area (Å²) in [6.07, 6.45) is 4.80. The number of nitrogens with one attached hydrogen (secondary N) is 1. The molecule has 1 aromatic carbocycles. The number of hydrogen-bond donors (Lipinski definition) is 3. The Labute approximate surface area is 134 Å². The number of carboxylic acids is 2. The molecule has 0 aliphatic rings. The van der Waals surface area contributed by atoms with Crippen LogP contribution in [0.5, 0.6) is 0 Å². The van der Waals surface area contributed by atoms with E-state index in [-0.39, 0.29) is 0 Å². The molecule has 2 rings (SSSR count). The molecular weight excluding hydrogens is 296 g/mol. The number of pyridine rings is 1. The normalized spacial score (nSPS) is 9.61. The van der Waals surface area contributed by atoms with Crippen molar-refractivity contribution in [2.24, 2.45) is 0 Å². The van der Waals surface area contributed by atoms with Crippen LogP contribution in [0.2, 0.25) is 0 Å². The van der Waals surface area contributed by atoms with E-state index >= 15 is 0 Å². The van der Waals surface area contributed by atoms with Crippen LogP contribution < -0.4 is 5.32 Å². The molecule has 0 radical (unpaired) electrons. The molecule has 0 amide bonds. The second-order valence-corrected chi connectivity index (χ2v) is 4.75. The van der Waals surface area contributed by atoms with Crippen molar-refractivity contribution >= 4 is 11.9 Å². The zero-order valence-electron chi connectivity index (χ0n) is 12.9. The zero-order valence-corrected chi connectivity index (χ0v) is 12.9. The van der Waals surface area contributed by atoms with Gasteiger partial charge >= 0.3 is 11.9 Å². The monoisotopic (exact) mass is 316 g/mol. The lowest BCUT2D eigenvalue weighted by molar-refractivity contribution is -0.159. The highest BCUT2D eigenvalue weighted by atomic mass is 16.4. The molecule has 6 nitrogen and oxygen atoms in total. The maximum Gasteiger partial charge on any atom is 0.414 e. The molecule has 3 N–H and O–H groups in total. The van der Waals surface area contributed by atoms with Gasteiger partial charge in [-0.3, -0.25) is 4.98 Å². The molecule has 1 heterocycles. The minimum atomic E-state index is -1.82. The molecule has 0 spiro atoms. The summed E-state index contributed by atoms with van der Waals surface area (Å²) in [6, 6.07) is 12.8. The van der Waals surface area contributed by atoms with E-state index in [1.54, 1.807) is 6.20 Å². The Bertz CT molecular complexity index is 600. The van der Waals surface area contributed by atoms with E-state index < -0.39 is 11.9 Å². The molecule has 0 aliphatic carbocycles. The van der Waals surface area contributed by atoms with Crippen LogP contribution >= 0.6 is 0 Å². The van der Waals surface area contributed by atoms with Crippen LogP contribution in [0.25, 0.3) is 0 Å². The molecule has 122 valence electrons. The number of aliphatic carboxylic acids is 2. The lowest BCUT2D eigenvalue weighted by Gasteiger charge is -2.05. The minimum Gasteiger partial charge on any atom is -0.473 e. The van der Waals surface area contributed by atoms with Gasteiger partial charge in [-0.2, -0.15) is 0 Å². The number of benzene rings is 1. The van der Waals surface area contributed by atoms with Gasteiger partial charge in [0.05, 0.1) is 0 Å². The fourth-order valence-electron chi connectivity index (χ4n) is 1.75. The Kier molecular flexibility index (Phi) is 8.02. The lowest BCUT2D eigenvalue weighted by Crippen LogP contribution is -2.12. The lowest BCUT2D eigenvalue weighted by atomic mass is 10.1. The molecule has 6 heteroatoms. The standard InChI is InChI=1S/C15H18N2.C2H2O4/c1-2-13-5-7-14(8-6-13)10-17-12-15-4-3-9-16-11-15;3-1(4)2(5)6/h3-9,11,17H,2,10,12H2,1H3;(H,3,4)(H,5,6). The van der Waals surface area contributed by atoms with Gasteiger partial charge in [0.15, 0.2) is 0 Å². The summed E-state index contributed by atoms with van der Waals surface area (Å²) < 4.78 is 0. The predicted molar refractivity (Wildman–Crippen MR) is 85.9 cm³/mol. The van der Waals surface area contributed by atoms with Crippen LogP contribution in [0, 0.1) is 0 Å². The zero-order chi connectivity index (χ0) is 17.1. The molecule has 0 atom stereocenters. The van der Waals surface area contributed by atoms with Crippen molar-refractivity contribution in [3.05, 3.63) is 65.5 Å². The average molecular weight is 316 g/mol. The smallest absolute Gasteiger partial charge is 0.414 e. The van der Waals surface area contributed by atoms with Crippen molar-refractivity contribution in [3.8, 4) is 0 Å². The van der Waals surface area contributed by atoms with Crippen molar-refractivity contribution in [1.29, 1.82) is 0 Å². The summed E-state index contributed by atoms with van der Waals surface area (Å²) >= 11 is 0. The molecule has 0 bridgehead atoms. The van der Waals surface area contributed by atoms with Crippen molar-refractivity contribution < 1.29 is 19.8 Å². The number of aryl methyl sites for hydroxylation is 1. The Morgan fingerprint density at radius 2 is 1.52 bits per heavy atom. The average Bonchev–Trinajstić information content (AvgIpc) is 2.57. The third-order valence-corrected chi connectivity index (χ3v) is 3.00. The highest BCUT2D eigenvalue weighted by molar-refractivity contribution is 6.27. The van der Waals surface area contributed by atoms with Crippen LogP contribution in [0.15, 0.2) is 48.8 Å². The summed E-state index contributed by atoms with van der Waals surface area (Å²) in [4.78, 5) is 22.3. The number of carboxylic acid groups (broad SMARTS) is 2. The van der Waals surface area contributed by atoms with Crippen molar-refractivity contribution in [3.63, 3.8) is 0 Å². The Balaban J connectivity index is 0.000000379. The topological polar surface area (TPSA) is 99.5 Å². The van der Waals surface area contributed by atoms with Crippen LogP contribution in [0.3, 0.4) is 0 Å². The third kappa shape index (κ3) is 7.73. The highest BCUT2D eigenvalue weighted by Gasteiger charge is 2.04. The Morgan fingerprint density at radius 3 is 2.00 bits per heavy atom. The van der Waals surface area contributed by atoms with E-state index in [1.807, 2.05) is 12.3 Å². The number of carbonyl (C=O) groups is 2. The molecule has 0 aliphatic heterocycles. The van der Waals surface area contributed by atoms with E-state index in [1.165, 1.54) is 16.7 Å². The highest BCUT2D eigenvalue weighted by Crippen LogP contribution is 2.05. The first-order chi connectivity index (χ1) is 11.0. The van der Waals surface area contributed by atoms with Crippen LogP contribution in [0.1, 0.15) is 23.6 Å². The predicted octanol–water partition coefficient (Wildman–Crippen LogP) is 2.09. The van der Waals surface area contributed by atoms with Gasteiger partial charge < -0.3 is 15.5 Å². The first-order valence-corrected chi connectivity index (χ1v) is 7.16. The fraction of sp³-hybridized carbons (Fsp3) is 0.235. The number of aromatic nitrogens is 1. The van der Waals surface area contributed by atoms with Gasteiger partial charge in [-0.15, -0.1) is 0 Å². The first kappa shape index (κ1) is 18.3. The van der Waals surface area contributed by atoms with E-state index in [2.05, 4.69) is 47.6 Å². The van der Waals surface area contributed by atoms with Gasteiger partial charge in [-0.25, -0.2) is 9.59 Å². The SMILES string of the molecule is CCc1ccc(CNCc2cccnc2)cc1.O=C(O)C(=O)O. The Hall–Kier alpha value is -2.73. The molecule has 23 heavy (non-hydrogen) atoms. The van der Waals surface area contributed by atoms with Gasteiger partial charge in [-0.05, 0) is 29.2 Å². The first-order valence-electron chi connectivity index (χ1n) is 7.16. The van der Waals surface area contributed by atoms with Gasteiger partial charge in [0.1, 0.15) is 0 Å². The maximum absolute atomic E-state index is 9.10. The second kappa shape index (κ2) is 10.1. The Morgan fingerprint density at radius 1 is 0.957 bits per heavy atom. The summed E-state index contributed by atoms with van der Waals surface area (Å²) in [5, 5.41) is 18.2. The van der Waals surface area contributed by atoms with Crippen molar-refractivity contribution in [2.75, 3.05) is 0 Å². The second-order valence-electron chi connectivity index (χ2n) is 4.75. The van der Waals surface area contributed by atoms with Gasteiger partial charge in [0.25, 0.3) is 0 Å². The number of nitrogens with zero attached hydrogens (tertiary/aromatic N) is 1. The van der Waals surface area contributed by atoms with E-state index in [9.17, 15) is 0 Å². The number of rotatable bonds is 5. The van der Waals surface area contributed by atoms with Crippen LogP contribution in [0.4, 0.5) is 0 Å². The summed E-state index contributed by atoms with van der Waals surface area (Å²) in [5.74, 6) is -3.65. The quantitative estimate of drug-likeness (QED) is 0.730. The van der Waals surface area contributed by atoms with Crippen molar-refractivity contribution in [2.45, 2.75) is 26.4 Å². The minimum absolute atomic E-state index is 0.864. The molecule has 0 saturated carbocycles. The molecular formula is C17H20N2O4. The number of hydrogen-bond acceptors (Lipinski definition) is 4. The molecule has 0 saturated heterocycles. The van der Waals surface area contributed by atoms with Crippen LogP contribution in [-0.2, 0) is 29.1 Å². The van der Waals surface area contributed by atoms with E-state index in [0.717, 1.165) is 19.5 Å².